The van der Waals surface area contributed by atoms with Crippen molar-refractivity contribution in [3.05, 3.63) is 71.8 Å². The molecular formula is C26H20O6. The molecule has 2 saturated heterocycles. The Balaban J connectivity index is 1.80. The van der Waals surface area contributed by atoms with Crippen LogP contribution < -0.4 is 0 Å². The molecule has 2 heterocycles. The van der Waals surface area contributed by atoms with Crippen molar-refractivity contribution in [1.82, 2.24) is 0 Å². The van der Waals surface area contributed by atoms with E-state index in [1.807, 2.05) is 74.5 Å². The molecule has 6 atom stereocenters. The number of rotatable bonds is 2. The van der Waals surface area contributed by atoms with E-state index >= 15 is 0 Å². The highest BCUT2D eigenvalue weighted by Gasteiger charge is 2.80. The maximum atomic E-state index is 13.1. The Morgan fingerprint density at radius 2 is 0.812 bits per heavy atom. The summed E-state index contributed by atoms with van der Waals surface area (Å²) in [5, 5.41) is 0. The van der Waals surface area contributed by atoms with E-state index in [-0.39, 0.29) is 0 Å². The van der Waals surface area contributed by atoms with E-state index in [4.69, 9.17) is 9.47 Å². The van der Waals surface area contributed by atoms with Gasteiger partial charge in [0, 0.05) is 10.8 Å². The molecule has 1 saturated carbocycles. The molecule has 0 spiro atoms. The molecule has 3 aliphatic carbocycles. The quantitative estimate of drug-likeness (QED) is 0.539. The third-order valence-electron chi connectivity index (χ3n) is 8.12. The predicted octanol–water partition coefficient (Wildman–Crippen LogP) is 3.27. The summed E-state index contributed by atoms with van der Waals surface area (Å²) < 4.78 is 10.3. The second-order valence-electron chi connectivity index (χ2n) is 9.44. The van der Waals surface area contributed by atoms with Crippen LogP contribution in [0.5, 0.6) is 0 Å². The summed E-state index contributed by atoms with van der Waals surface area (Å²) >= 11 is 0. The van der Waals surface area contributed by atoms with Gasteiger partial charge in [0.15, 0.2) is 0 Å². The Morgan fingerprint density at radius 3 is 1.09 bits per heavy atom. The molecule has 2 bridgehead atoms. The van der Waals surface area contributed by atoms with Crippen molar-refractivity contribution in [3.63, 3.8) is 0 Å². The first kappa shape index (κ1) is 19.2. The van der Waals surface area contributed by atoms with E-state index in [1.165, 1.54) is 0 Å². The second kappa shape index (κ2) is 6.03. The normalized spacial score (nSPS) is 37.3. The van der Waals surface area contributed by atoms with Crippen molar-refractivity contribution in [2.45, 2.75) is 13.8 Å². The molecule has 6 heteroatoms. The number of esters is 4. The minimum absolute atomic E-state index is 0.639. The lowest BCUT2D eigenvalue weighted by Gasteiger charge is -2.61. The number of ether oxygens (including phenoxy) is 2. The summed E-state index contributed by atoms with van der Waals surface area (Å²) in [6, 6.07) is 19.1. The summed E-state index contributed by atoms with van der Waals surface area (Å²) in [4.78, 5) is 52.2. The number of benzene rings is 2. The zero-order chi connectivity index (χ0) is 22.4. The molecule has 2 unspecified atom stereocenters. The fourth-order valence-corrected chi connectivity index (χ4v) is 7.03. The van der Waals surface area contributed by atoms with Crippen LogP contribution in [0.2, 0.25) is 0 Å². The van der Waals surface area contributed by atoms with Gasteiger partial charge in [0.25, 0.3) is 0 Å². The molecule has 6 nitrogen and oxygen atoms in total. The van der Waals surface area contributed by atoms with E-state index in [0.717, 1.165) is 22.3 Å². The lowest BCUT2D eigenvalue weighted by atomic mass is 9.36. The highest BCUT2D eigenvalue weighted by molar-refractivity contribution is 6.13. The number of hydrogen-bond acceptors (Lipinski definition) is 6. The Kier molecular flexibility index (Phi) is 3.61. The fourth-order valence-electron chi connectivity index (χ4n) is 7.03. The highest BCUT2D eigenvalue weighted by atomic mass is 16.6. The van der Waals surface area contributed by atoms with Crippen molar-refractivity contribution in [2.75, 3.05) is 0 Å². The van der Waals surface area contributed by atoms with Crippen molar-refractivity contribution in [2.24, 2.45) is 34.5 Å². The van der Waals surface area contributed by atoms with Gasteiger partial charge in [-0.3, -0.25) is 19.2 Å². The van der Waals surface area contributed by atoms with E-state index in [9.17, 15) is 19.2 Å². The molecule has 7 rings (SSSR count). The van der Waals surface area contributed by atoms with Gasteiger partial charge in [-0.2, -0.15) is 0 Å². The van der Waals surface area contributed by atoms with Gasteiger partial charge in [0.05, 0.1) is 23.7 Å². The van der Waals surface area contributed by atoms with Crippen molar-refractivity contribution in [3.8, 4) is 0 Å². The molecule has 32 heavy (non-hydrogen) atoms. The molecule has 0 N–H and O–H groups in total. The Hall–Kier alpha value is -3.54. The SMILES string of the molecule is CC12C(c3ccccc3)=C(c3ccccc3)C(C)([C@@H]3C(=O)OC(=O)[C@H]31)[C@H]1C(=O)OC(=O)[C@@H]12. The van der Waals surface area contributed by atoms with Crippen molar-refractivity contribution >= 4 is 35.0 Å². The van der Waals surface area contributed by atoms with Gasteiger partial charge in [-0.05, 0) is 22.3 Å². The van der Waals surface area contributed by atoms with E-state index < -0.39 is 58.4 Å². The van der Waals surface area contributed by atoms with Crippen LogP contribution in [-0.4, -0.2) is 23.9 Å². The van der Waals surface area contributed by atoms with Crippen LogP contribution in [0.4, 0.5) is 0 Å². The van der Waals surface area contributed by atoms with Crippen LogP contribution in [0, 0.1) is 34.5 Å². The van der Waals surface area contributed by atoms with E-state index in [0.29, 0.717) is 0 Å². The van der Waals surface area contributed by atoms with Gasteiger partial charge in [0.2, 0.25) is 0 Å². The smallest absolute Gasteiger partial charge is 0.318 e. The van der Waals surface area contributed by atoms with Crippen LogP contribution in [0.25, 0.3) is 11.1 Å². The first-order valence-corrected chi connectivity index (χ1v) is 10.7. The zero-order valence-electron chi connectivity index (χ0n) is 17.5. The number of cyclic esters (lactones) is 4. The van der Waals surface area contributed by atoms with Gasteiger partial charge in [-0.15, -0.1) is 0 Å². The molecule has 2 aromatic rings. The Labute approximate surface area is 184 Å². The van der Waals surface area contributed by atoms with Crippen molar-refractivity contribution < 1.29 is 28.7 Å². The van der Waals surface area contributed by atoms with E-state index in [1.54, 1.807) is 0 Å². The summed E-state index contributed by atoms with van der Waals surface area (Å²) in [7, 11) is 0. The molecule has 0 amide bonds. The summed E-state index contributed by atoms with van der Waals surface area (Å²) in [6.45, 7) is 3.62. The topological polar surface area (TPSA) is 86.7 Å². The van der Waals surface area contributed by atoms with Crippen LogP contribution in [0.15, 0.2) is 60.7 Å². The van der Waals surface area contributed by atoms with Crippen LogP contribution >= 0.6 is 0 Å². The Morgan fingerprint density at radius 1 is 0.531 bits per heavy atom. The number of carbonyl (C=O) groups is 4. The average Bonchev–Trinajstić information content (AvgIpc) is 3.27. The Bertz CT molecular complexity index is 1100. The second-order valence-corrected chi connectivity index (χ2v) is 9.44. The van der Waals surface area contributed by atoms with Crippen molar-refractivity contribution in [1.29, 1.82) is 0 Å². The molecule has 2 aliphatic heterocycles. The maximum Gasteiger partial charge on any atom is 0.318 e. The van der Waals surface area contributed by atoms with E-state index in [2.05, 4.69) is 0 Å². The molecule has 5 aliphatic rings. The summed E-state index contributed by atoms with van der Waals surface area (Å²) in [5.41, 5.74) is 0.992. The van der Waals surface area contributed by atoms with Crippen LogP contribution in [0.1, 0.15) is 25.0 Å². The molecule has 2 aromatic carbocycles. The number of carbonyl (C=O) groups excluding carboxylic acids is 4. The minimum atomic E-state index is -1.15. The van der Waals surface area contributed by atoms with Gasteiger partial charge in [0.1, 0.15) is 0 Å². The maximum absolute atomic E-state index is 13.1. The van der Waals surface area contributed by atoms with Gasteiger partial charge in [-0.1, -0.05) is 74.5 Å². The third kappa shape index (κ3) is 2.01. The van der Waals surface area contributed by atoms with Crippen LogP contribution in [-0.2, 0) is 28.7 Å². The first-order valence-electron chi connectivity index (χ1n) is 10.7. The number of hydrogen-bond donors (Lipinski definition) is 0. The molecule has 0 radical (unpaired) electrons. The summed E-state index contributed by atoms with van der Waals surface area (Å²) in [6.07, 6.45) is 0. The van der Waals surface area contributed by atoms with Gasteiger partial charge < -0.3 is 9.47 Å². The third-order valence-corrected chi connectivity index (χ3v) is 8.12. The molecule has 160 valence electrons. The minimum Gasteiger partial charge on any atom is -0.393 e. The van der Waals surface area contributed by atoms with Gasteiger partial charge >= 0.3 is 23.9 Å². The number of allylic oxidation sites excluding steroid dienone is 2. The summed E-state index contributed by atoms with van der Waals surface area (Å²) in [5.74, 6) is -6.05. The first-order chi connectivity index (χ1) is 15.3. The standard InChI is InChI=1S/C26H20O6/c1-25-15(13-9-5-3-6-10-13)16(14-11-7-4-8-12-14)26(2,19-17(25)21(27)31-23(19)29)20-18(25)22(28)32-24(20)30/h3-12,17-20H,1-2H3/t17-,18+,19-,20+,25?,26?. The average molecular weight is 428 g/mol. The highest BCUT2D eigenvalue weighted by Crippen LogP contribution is 2.76. The lowest BCUT2D eigenvalue weighted by Crippen LogP contribution is -2.64. The molecule has 0 aromatic heterocycles. The fraction of sp³-hybridized carbons (Fsp3) is 0.308. The lowest BCUT2D eigenvalue weighted by molar-refractivity contribution is -0.154. The van der Waals surface area contributed by atoms with Crippen LogP contribution in [0.3, 0.4) is 0 Å². The zero-order valence-corrected chi connectivity index (χ0v) is 17.5. The molecule has 3 fully saturated rings. The predicted molar refractivity (Wildman–Crippen MR) is 112 cm³/mol. The van der Waals surface area contributed by atoms with Gasteiger partial charge in [-0.25, -0.2) is 0 Å². The monoisotopic (exact) mass is 428 g/mol. The largest absolute Gasteiger partial charge is 0.393 e. The molecular weight excluding hydrogens is 408 g/mol.